The summed E-state index contributed by atoms with van der Waals surface area (Å²) in [6.07, 6.45) is 4.58. The van der Waals surface area contributed by atoms with Crippen LogP contribution in [0.5, 0.6) is 0 Å². The zero-order chi connectivity index (χ0) is 14.8. The second kappa shape index (κ2) is 5.92. The van der Waals surface area contributed by atoms with Crippen molar-refractivity contribution in [2.45, 2.75) is 50.1 Å². The molecule has 112 valence electrons. The number of carboxylic acids is 1. The van der Waals surface area contributed by atoms with Crippen molar-refractivity contribution in [1.29, 1.82) is 0 Å². The highest BCUT2D eigenvalue weighted by molar-refractivity contribution is 7.89. The molecule has 3 N–H and O–H groups in total. The van der Waals surface area contributed by atoms with Crippen molar-refractivity contribution in [3.05, 3.63) is 12.0 Å². The Hall–Kier alpha value is -1.41. The van der Waals surface area contributed by atoms with Crippen LogP contribution in [-0.4, -0.2) is 35.5 Å². The molecule has 0 radical (unpaired) electrons. The smallest absolute Gasteiger partial charge is 0.308 e. The molecule has 0 amide bonds. The third-order valence-electron chi connectivity index (χ3n) is 3.62. The van der Waals surface area contributed by atoms with E-state index in [1.165, 1.54) is 6.20 Å². The first-order chi connectivity index (χ1) is 9.44. The maximum Gasteiger partial charge on any atom is 0.308 e. The normalized spacial score (nSPS) is 23.6. The molecule has 0 aromatic carbocycles. The molecule has 2 rings (SSSR count). The van der Waals surface area contributed by atoms with Gasteiger partial charge in [0, 0.05) is 12.5 Å². The summed E-state index contributed by atoms with van der Waals surface area (Å²) in [5.41, 5.74) is 0. The summed E-state index contributed by atoms with van der Waals surface area (Å²) in [4.78, 5) is 17.9. The number of carbonyl (C=O) groups is 1. The second-order valence-corrected chi connectivity index (χ2v) is 6.69. The first-order valence-corrected chi connectivity index (χ1v) is 8.21. The third-order valence-corrected chi connectivity index (χ3v) is 5.02. The van der Waals surface area contributed by atoms with Gasteiger partial charge in [0.15, 0.2) is 5.03 Å². The fourth-order valence-electron chi connectivity index (χ4n) is 2.49. The number of aliphatic carboxylic acids is 1. The van der Waals surface area contributed by atoms with Gasteiger partial charge in [0.1, 0.15) is 5.82 Å². The first-order valence-electron chi connectivity index (χ1n) is 6.73. The predicted octanol–water partition coefficient (Wildman–Crippen LogP) is 0.894. The van der Waals surface area contributed by atoms with Crippen LogP contribution in [0.4, 0.5) is 0 Å². The molecule has 0 bridgehead atoms. The van der Waals surface area contributed by atoms with Crippen LogP contribution in [0.15, 0.2) is 11.2 Å². The highest BCUT2D eigenvalue weighted by atomic mass is 32.2. The average molecular weight is 301 g/mol. The molecule has 7 nitrogen and oxygen atoms in total. The quantitative estimate of drug-likeness (QED) is 0.748. The minimum absolute atomic E-state index is 0.0101. The number of aromatic amines is 1. The molecule has 0 saturated heterocycles. The molecule has 1 aromatic rings. The Morgan fingerprint density at radius 3 is 2.80 bits per heavy atom. The van der Waals surface area contributed by atoms with E-state index in [2.05, 4.69) is 14.7 Å². The van der Waals surface area contributed by atoms with Gasteiger partial charge in [0.05, 0.1) is 12.1 Å². The molecule has 2 atom stereocenters. The number of hydrogen-bond acceptors (Lipinski definition) is 4. The standard InChI is InChI=1S/C12H19N3O4S/c1-2-10-13-7-11(14-10)20(18,19)15-9-6-4-3-5-8(9)12(16)17/h7-9,15H,2-6H2,1H3,(H,13,14)(H,16,17). The van der Waals surface area contributed by atoms with E-state index in [-0.39, 0.29) is 5.03 Å². The molecule has 2 unspecified atom stereocenters. The van der Waals surface area contributed by atoms with Gasteiger partial charge in [0.25, 0.3) is 10.0 Å². The fourth-order valence-corrected chi connectivity index (χ4v) is 3.74. The van der Waals surface area contributed by atoms with E-state index in [0.29, 0.717) is 25.1 Å². The van der Waals surface area contributed by atoms with Gasteiger partial charge in [-0.2, -0.15) is 0 Å². The lowest BCUT2D eigenvalue weighted by atomic mass is 9.85. The van der Waals surface area contributed by atoms with Crippen LogP contribution in [0.2, 0.25) is 0 Å². The Morgan fingerprint density at radius 1 is 1.50 bits per heavy atom. The van der Waals surface area contributed by atoms with Crippen LogP contribution in [-0.2, 0) is 21.2 Å². The van der Waals surface area contributed by atoms with Crippen molar-refractivity contribution in [2.24, 2.45) is 5.92 Å². The van der Waals surface area contributed by atoms with Crippen molar-refractivity contribution >= 4 is 16.0 Å². The lowest BCUT2D eigenvalue weighted by Crippen LogP contribution is -2.45. The summed E-state index contributed by atoms with van der Waals surface area (Å²) in [6, 6.07) is -0.556. The Balaban J connectivity index is 2.16. The summed E-state index contributed by atoms with van der Waals surface area (Å²) in [7, 11) is -3.75. The zero-order valence-electron chi connectivity index (χ0n) is 11.3. The van der Waals surface area contributed by atoms with E-state index in [0.717, 1.165) is 12.8 Å². The summed E-state index contributed by atoms with van der Waals surface area (Å²) in [5.74, 6) is -1.02. The van der Waals surface area contributed by atoms with Gasteiger partial charge in [-0.25, -0.2) is 18.1 Å². The highest BCUT2D eigenvalue weighted by Crippen LogP contribution is 2.26. The molecule has 0 aliphatic heterocycles. The molecule has 1 aliphatic rings. The molecule has 1 aromatic heterocycles. The second-order valence-electron chi connectivity index (χ2n) is 5.00. The van der Waals surface area contributed by atoms with Crippen LogP contribution >= 0.6 is 0 Å². The molecule has 0 spiro atoms. The topological polar surface area (TPSA) is 112 Å². The number of H-pyrrole nitrogens is 1. The summed E-state index contributed by atoms with van der Waals surface area (Å²) in [5, 5.41) is 9.15. The molecule has 1 saturated carbocycles. The molecule has 8 heteroatoms. The van der Waals surface area contributed by atoms with E-state index in [1.54, 1.807) is 0 Å². The number of aryl methyl sites for hydroxylation is 1. The number of sulfonamides is 1. The van der Waals surface area contributed by atoms with Crippen LogP contribution in [0.3, 0.4) is 0 Å². The maximum atomic E-state index is 12.2. The number of rotatable bonds is 5. The first kappa shape index (κ1) is 15.0. The largest absolute Gasteiger partial charge is 0.481 e. The monoisotopic (exact) mass is 301 g/mol. The summed E-state index contributed by atoms with van der Waals surface area (Å²) in [6.45, 7) is 1.87. The molecule has 1 fully saturated rings. The third kappa shape index (κ3) is 3.18. The molecule has 1 heterocycles. The molecule has 1 aliphatic carbocycles. The van der Waals surface area contributed by atoms with Gasteiger partial charge in [0.2, 0.25) is 0 Å². The van der Waals surface area contributed by atoms with Gasteiger partial charge < -0.3 is 10.1 Å². The maximum absolute atomic E-state index is 12.2. The number of aromatic nitrogens is 2. The SMILES string of the molecule is CCc1ncc(S(=O)(=O)NC2CCCCC2C(=O)O)[nH]1. The Kier molecular flexibility index (Phi) is 4.44. The minimum Gasteiger partial charge on any atom is -0.481 e. The number of imidazole rings is 1. The lowest BCUT2D eigenvalue weighted by molar-refractivity contribution is -0.143. The van der Waals surface area contributed by atoms with Crippen molar-refractivity contribution in [2.75, 3.05) is 0 Å². The minimum atomic E-state index is -3.75. The van der Waals surface area contributed by atoms with E-state index in [1.807, 2.05) is 6.92 Å². The number of hydrogen-bond donors (Lipinski definition) is 3. The number of nitrogens with one attached hydrogen (secondary N) is 2. The summed E-state index contributed by atoms with van der Waals surface area (Å²) >= 11 is 0. The van der Waals surface area contributed by atoms with Gasteiger partial charge in [-0.15, -0.1) is 0 Å². The van der Waals surface area contributed by atoms with Crippen LogP contribution in [0.1, 0.15) is 38.4 Å². The Morgan fingerprint density at radius 2 is 2.20 bits per heavy atom. The van der Waals surface area contributed by atoms with Gasteiger partial charge in [-0.1, -0.05) is 19.8 Å². The van der Waals surface area contributed by atoms with E-state index >= 15 is 0 Å². The highest BCUT2D eigenvalue weighted by Gasteiger charge is 2.34. The van der Waals surface area contributed by atoms with Crippen molar-refractivity contribution in [3.63, 3.8) is 0 Å². The molecule has 20 heavy (non-hydrogen) atoms. The van der Waals surface area contributed by atoms with Crippen LogP contribution in [0, 0.1) is 5.92 Å². The summed E-state index contributed by atoms with van der Waals surface area (Å²) < 4.78 is 26.9. The van der Waals surface area contributed by atoms with E-state index in [4.69, 9.17) is 5.11 Å². The van der Waals surface area contributed by atoms with Crippen molar-refractivity contribution < 1.29 is 18.3 Å². The molecular formula is C12H19N3O4S. The number of carboxylic acid groups (broad SMARTS) is 1. The van der Waals surface area contributed by atoms with Gasteiger partial charge >= 0.3 is 5.97 Å². The Bertz CT molecular complexity index is 581. The zero-order valence-corrected chi connectivity index (χ0v) is 12.1. The lowest BCUT2D eigenvalue weighted by Gasteiger charge is -2.28. The van der Waals surface area contributed by atoms with Crippen LogP contribution < -0.4 is 4.72 Å². The van der Waals surface area contributed by atoms with Crippen LogP contribution in [0.25, 0.3) is 0 Å². The van der Waals surface area contributed by atoms with Crippen molar-refractivity contribution in [3.8, 4) is 0 Å². The van der Waals surface area contributed by atoms with Gasteiger partial charge in [-0.3, -0.25) is 4.79 Å². The van der Waals surface area contributed by atoms with E-state index < -0.39 is 28.0 Å². The van der Waals surface area contributed by atoms with Crippen molar-refractivity contribution in [1.82, 2.24) is 14.7 Å². The van der Waals surface area contributed by atoms with Gasteiger partial charge in [-0.05, 0) is 12.8 Å². The Labute approximate surface area is 117 Å². The fraction of sp³-hybridized carbons (Fsp3) is 0.667. The average Bonchev–Trinajstić information content (AvgIpc) is 2.88. The van der Waals surface area contributed by atoms with E-state index in [9.17, 15) is 13.2 Å². The number of nitrogens with zero attached hydrogens (tertiary/aromatic N) is 1. The predicted molar refractivity (Wildman–Crippen MR) is 71.7 cm³/mol. The molecular weight excluding hydrogens is 282 g/mol.